The lowest BCUT2D eigenvalue weighted by Crippen LogP contribution is -2.00. The molecule has 0 heterocycles. The Kier molecular flexibility index (Phi) is 2.00. The smallest absolute Gasteiger partial charge is 0.142 e. The van der Waals surface area contributed by atoms with Gasteiger partial charge in [-0.15, -0.1) is 0 Å². The van der Waals surface area contributed by atoms with Crippen molar-refractivity contribution in [2.24, 2.45) is 0 Å². The number of nitrogen functional groups attached to an aromatic ring is 1. The number of hydrogen-bond acceptors (Lipinski definition) is 3. The summed E-state index contributed by atoms with van der Waals surface area (Å²) in [7, 11) is 1.87. The number of nitrogens with two attached hydrogens (primary N) is 1. The lowest BCUT2D eigenvalue weighted by molar-refractivity contribution is 0.305. The molecule has 70 valence electrons. The van der Waals surface area contributed by atoms with E-state index in [2.05, 4.69) is 5.32 Å². The van der Waals surface area contributed by atoms with E-state index < -0.39 is 0 Å². The molecule has 0 bridgehead atoms. The van der Waals surface area contributed by atoms with Gasteiger partial charge in [-0.05, 0) is 31.0 Å². The summed E-state index contributed by atoms with van der Waals surface area (Å²) in [6.07, 6.45) is 2.73. The van der Waals surface area contributed by atoms with Gasteiger partial charge in [0.15, 0.2) is 0 Å². The fourth-order valence-corrected chi connectivity index (χ4v) is 1.18. The van der Waals surface area contributed by atoms with Gasteiger partial charge in [-0.2, -0.15) is 0 Å². The first-order valence-electron chi connectivity index (χ1n) is 4.53. The topological polar surface area (TPSA) is 47.3 Å². The van der Waals surface area contributed by atoms with E-state index in [9.17, 15) is 0 Å². The van der Waals surface area contributed by atoms with Gasteiger partial charge in [0.05, 0.1) is 11.8 Å². The van der Waals surface area contributed by atoms with Crippen LogP contribution >= 0.6 is 0 Å². The average molecular weight is 178 g/mol. The van der Waals surface area contributed by atoms with Gasteiger partial charge in [-0.1, -0.05) is 0 Å². The van der Waals surface area contributed by atoms with Crippen LogP contribution < -0.4 is 15.8 Å². The molecule has 3 N–H and O–H groups in total. The van der Waals surface area contributed by atoms with E-state index >= 15 is 0 Å². The summed E-state index contributed by atoms with van der Waals surface area (Å²) in [5, 5.41) is 3.03. The molecule has 1 saturated carbocycles. The van der Waals surface area contributed by atoms with Crippen molar-refractivity contribution in [3.05, 3.63) is 18.2 Å². The van der Waals surface area contributed by atoms with Gasteiger partial charge in [-0.3, -0.25) is 0 Å². The highest BCUT2D eigenvalue weighted by Gasteiger charge is 2.24. The van der Waals surface area contributed by atoms with E-state index in [-0.39, 0.29) is 0 Å². The molecule has 3 nitrogen and oxygen atoms in total. The minimum Gasteiger partial charge on any atom is -0.488 e. The number of anilines is 2. The van der Waals surface area contributed by atoms with Gasteiger partial charge in [0.2, 0.25) is 0 Å². The summed E-state index contributed by atoms with van der Waals surface area (Å²) in [5.41, 5.74) is 7.53. The molecule has 1 aromatic carbocycles. The Hall–Kier alpha value is -1.38. The van der Waals surface area contributed by atoms with Crippen molar-refractivity contribution in [3.8, 4) is 5.75 Å². The molecule has 0 radical (unpaired) electrons. The van der Waals surface area contributed by atoms with E-state index in [0.29, 0.717) is 11.8 Å². The maximum atomic E-state index is 5.81. The summed E-state index contributed by atoms with van der Waals surface area (Å²) >= 11 is 0. The third-order valence-corrected chi connectivity index (χ3v) is 2.12. The molecule has 0 saturated heterocycles. The molecule has 3 heteroatoms. The first-order valence-corrected chi connectivity index (χ1v) is 4.53. The van der Waals surface area contributed by atoms with Gasteiger partial charge in [0, 0.05) is 12.7 Å². The molecule has 0 amide bonds. The van der Waals surface area contributed by atoms with Crippen molar-refractivity contribution in [1.82, 2.24) is 0 Å². The van der Waals surface area contributed by atoms with E-state index in [1.807, 2.05) is 25.2 Å². The normalized spacial score (nSPS) is 15.5. The highest BCUT2D eigenvalue weighted by Crippen LogP contribution is 2.31. The first-order chi connectivity index (χ1) is 6.29. The van der Waals surface area contributed by atoms with E-state index in [4.69, 9.17) is 10.5 Å². The van der Waals surface area contributed by atoms with Crippen molar-refractivity contribution in [2.75, 3.05) is 18.1 Å². The molecule has 1 aliphatic carbocycles. The third kappa shape index (κ3) is 1.86. The number of ether oxygens (including phenoxy) is 1. The number of nitrogens with one attached hydrogen (secondary N) is 1. The van der Waals surface area contributed by atoms with Gasteiger partial charge < -0.3 is 15.8 Å². The minimum absolute atomic E-state index is 0.405. The highest BCUT2D eigenvalue weighted by molar-refractivity contribution is 5.62. The predicted octanol–water partition coefficient (Wildman–Crippen LogP) is 1.85. The second kappa shape index (κ2) is 3.17. The standard InChI is InChI=1S/C10H14N2O/c1-12-7-2-5-10(9(11)6-7)13-8-3-4-8/h2,5-6,8,12H,3-4,11H2,1H3. The van der Waals surface area contributed by atoms with Crippen LogP contribution in [0.25, 0.3) is 0 Å². The van der Waals surface area contributed by atoms with Crippen LogP contribution in [0.4, 0.5) is 11.4 Å². The zero-order valence-corrected chi connectivity index (χ0v) is 7.71. The Labute approximate surface area is 77.9 Å². The lowest BCUT2D eigenvalue weighted by atomic mass is 10.2. The summed E-state index contributed by atoms with van der Waals surface area (Å²) in [6.45, 7) is 0. The second-order valence-electron chi connectivity index (χ2n) is 3.32. The SMILES string of the molecule is CNc1ccc(OC2CC2)c(N)c1. The summed E-state index contributed by atoms with van der Waals surface area (Å²) in [6, 6.07) is 5.77. The molecular formula is C10H14N2O. The van der Waals surface area contributed by atoms with Gasteiger partial charge in [0.25, 0.3) is 0 Å². The minimum atomic E-state index is 0.405. The Morgan fingerprint density at radius 3 is 2.77 bits per heavy atom. The Balaban J connectivity index is 2.15. The summed E-state index contributed by atoms with van der Waals surface area (Å²) in [5.74, 6) is 0.807. The number of rotatable bonds is 3. The molecule has 0 aromatic heterocycles. The largest absolute Gasteiger partial charge is 0.488 e. The van der Waals surface area contributed by atoms with Crippen LogP contribution in [0.3, 0.4) is 0 Å². The maximum absolute atomic E-state index is 5.81. The third-order valence-electron chi connectivity index (χ3n) is 2.12. The van der Waals surface area contributed by atoms with Crippen molar-refractivity contribution in [3.63, 3.8) is 0 Å². The van der Waals surface area contributed by atoms with Crippen LogP contribution in [0.2, 0.25) is 0 Å². The molecule has 1 fully saturated rings. The summed E-state index contributed by atoms with van der Waals surface area (Å²) in [4.78, 5) is 0. The van der Waals surface area contributed by atoms with Crippen LogP contribution in [0.1, 0.15) is 12.8 Å². The predicted molar refractivity (Wildman–Crippen MR) is 54.1 cm³/mol. The van der Waals surface area contributed by atoms with Gasteiger partial charge in [0.1, 0.15) is 5.75 Å². The fraction of sp³-hybridized carbons (Fsp3) is 0.400. The van der Waals surface area contributed by atoms with Crippen molar-refractivity contribution in [1.29, 1.82) is 0 Å². The second-order valence-corrected chi connectivity index (χ2v) is 3.32. The molecule has 0 atom stereocenters. The van der Waals surface area contributed by atoms with Gasteiger partial charge in [-0.25, -0.2) is 0 Å². The fourth-order valence-electron chi connectivity index (χ4n) is 1.18. The first kappa shape index (κ1) is 8.23. The zero-order valence-electron chi connectivity index (χ0n) is 7.71. The van der Waals surface area contributed by atoms with E-state index in [1.165, 1.54) is 0 Å². The maximum Gasteiger partial charge on any atom is 0.142 e. The number of benzene rings is 1. The van der Waals surface area contributed by atoms with Crippen molar-refractivity contribution >= 4 is 11.4 Å². The molecule has 1 aliphatic rings. The molecule has 0 spiro atoms. The lowest BCUT2D eigenvalue weighted by Gasteiger charge is -2.08. The van der Waals surface area contributed by atoms with Crippen LogP contribution in [0, 0.1) is 0 Å². The van der Waals surface area contributed by atoms with Crippen LogP contribution in [0.5, 0.6) is 5.75 Å². The molecule has 1 aromatic rings. The molecule has 0 unspecified atom stereocenters. The summed E-state index contributed by atoms with van der Waals surface area (Å²) < 4.78 is 5.60. The Morgan fingerprint density at radius 1 is 1.46 bits per heavy atom. The zero-order chi connectivity index (χ0) is 9.26. The Morgan fingerprint density at radius 2 is 2.23 bits per heavy atom. The average Bonchev–Trinajstić information content (AvgIpc) is 2.92. The molecule has 0 aliphatic heterocycles. The van der Waals surface area contributed by atoms with Crippen LogP contribution in [-0.4, -0.2) is 13.2 Å². The van der Waals surface area contributed by atoms with Crippen molar-refractivity contribution in [2.45, 2.75) is 18.9 Å². The molecular weight excluding hydrogens is 164 g/mol. The van der Waals surface area contributed by atoms with E-state index in [0.717, 1.165) is 24.3 Å². The van der Waals surface area contributed by atoms with Crippen LogP contribution in [0.15, 0.2) is 18.2 Å². The van der Waals surface area contributed by atoms with E-state index in [1.54, 1.807) is 0 Å². The van der Waals surface area contributed by atoms with Crippen LogP contribution in [-0.2, 0) is 0 Å². The van der Waals surface area contributed by atoms with Crippen molar-refractivity contribution < 1.29 is 4.74 Å². The Bertz CT molecular complexity index is 308. The monoisotopic (exact) mass is 178 g/mol. The van der Waals surface area contributed by atoms with Gasteiger partial charge >= 0.3 is 0 Å². The molecule has 2 rings (SSSR count). The quantitative estimate of drug-likeness (QED) is 0.694. The number of hydrogen-bond donors (Lipinski definition) is 2. The molecule has 13 heavy (non-hydrogen) atoms. The highest BCUT2D eigenvalue weighted by atomic mass is 16.5.